The third-order valence-corrected chi connectivity index (χ3v) is 9.57. The van der Waals surface area contributed by atoms with Crippen molar-refractivity contribution in [1.82, 2.24) is 0 Å². The van der Waals surface area contributed by atoms with Crippen LogP contribution in [0.3, 0.4) is 0 Å². The van der Waals surface area contributed by atoms with E-state index in [4.69, 9.17) is 9.84 Å². The molecule has 0 radical (unpaired) electrons. The van der Waals surface area contributed by atoms with Crippen molar-refractivity contribution in [3.8, 4) is 0 Å². The average molecular weight is 630 g/mol. The van der Waals surface area contributed by atoms with Crippen molar-refractivity contribution in [2.45, 2.75) is 25.9 Å². The second kappa shape index (κ2) is 9.62. The van der Waals surface area contributed by atoms with Gasteiger partial charge in [-0.25, -0.2) is 0 Å². The fourth-order valence-corrected chi connectivity index (χ4v) is 6.49. The van der Waals surface area contributed by atoms with Crippen LogP contribution in [0.2, 0.25) is 0 Å². The van der Waals surface area contributed by atoms with Crippen LogP contribution in [-0.2, 0) is 14.3 Å². The topological polar surface area (TPSA) is 124 Å². The van der Waals surface area contributed by atoms with Crippen LogP contribution in [0.4, 0.5) is 0 Å². The molecule has 1 rings (SSSR count). The lowest BCUT2D eigenvalue weighted by Gasteiger charge is -2.48. The molecule has 1 aliphatic carbocycles. The van der Waals surface area contributed by atoms with E-state index in [0.717, 1.165) is 0 Å². The summed E-state index contributed by atoms with van der Waals surface area (Å²) in [7, 11) is 0. The number of aliphatic hydroxyl groups is 2. The van der Waals surface area contributed by atoms with Crippen LogP contribution in [0.5, 0.6) is 0 Å². The molecule has 148 valence electrons. The number of rotatable bonds is 9. The highest BCUT2D eigenvalue weighted by atomic mass is 79.9. The molecule has 0 aliphatic heterocycles. The van der Waals surface area contributed by atoms with Gasteiger partial charge in [-0.1, -0.05) is 31.9 Å². The van der Waals surface area contributed by atoms with Crippen LogP contribution in [-0.4, -0.2) is 58.3 Å². The van der Waals surface area contributed by atoms with Crippen molar-refractivity contribution < 1.29 is 34.8 Å². The average Bonchev–Trinajstić information content (AvgIpc) is 2.56. The monoisotopic (exact) mass is 626 g/mol. The van der Waals surface area contributed by atoms with Crippen LogP contribution in [0, 0.1) is 10.8 Å². The summed E-state index contributed by atoms with van der Waals surface area (Å²) in [6.07, 6.45) is -1.64. The van der Waals surface area contributed by atoms with Gasteiger partial charge in [0.1, 0.15) is 10.8 Å². The van der Waals surface area contributed by atoms with E-state index in [9.17, 15) is 24.9 Å². The van der Waals surface area contributed by atoms with Gasteiger partial charge in [0, 0.05) is 24.5 Å². The Morgan fingerprint density at radius 3 is 1.85 bits per heavy atom. The minimum absolute atomic E-state index is 0.00458. The largest absolute Gasteiger partial charge is 0.481 e. The second-order valence-corrected chi connectivity index (χ2v) is 8.99. The maximum Gasteiger partial charge on any atom is 0.316 e. The van der Waals surface area contributed by atoms with E-state index >= 15 is 0 Å². The molecule has 0 aromatic carbocycles. The van der Waals surface area contributed by atoms with Gasteiger partial charge in [-0.15, -0.1) is 0 Å². The number of aliphatic carboxylic acids is 2. The number of halogens is 4. The van der Waals surface area contributed by atoms with Crippen molar-refractivity contribution in [2.24, 2.45) is 10.8 Å². The van der Waals surface area contributed by atoms with Gasteiger partial charge in [0.25, 0.3) is 0 Å². The number of carboxylic acid groups (broad SMARTS) is 2. The minimum atomic E-state index is -2.00. The predicted octanol–water partition coefficient (Wildman–Crippen LogP) is 3.31. The summed E-state index contributed by atoms with van der Waals surface area (Å²) >= 11 is 13.1. The van der Waals surface area contributed by atoms with Gasteiger partial charge < -0.3 is 25.2 Å². The van der Waals surface area contributed by atoms with Crippen LogP contribution in [0.25, 0.3) is 0 Å². The second-order valence-electron chi connectivity index (χ2n) is 5.82. The highest BCUT2D eigenvalue weighted by molar-refractivity contribution is 9.17. The molecule has 0 saturated heterocycles. The van der Waals surface area contributed by atoms with E-state index in [2.05, 4.69) is 63.7 Å². The number of ether oxygens (including phenoxy) is 1. The Morgan fingerprint density at radius 2 is 1.46 bits per heavy atom. The maximum atomic E-state index is 12.5. The molecular formula is C15H18Br4O7. The fourth-order valence-electron chi connectivity index (χ4n) is 3.11. The highest BCUT2D eigenvalue weighted by Crippen LogP contribution is 2.65. The number of hydrogen-bond donors (Lipinski definition) is 4. The quantitative estimate of drug-likeness (QED) is 0.289. The smallest absolute Gasteiger partial charge is 0.316 e. The van der Waals surface area contributed by atoms with Gasteiger partial charge in [0.05, 0.1) is 19.3 Å². The number of aliphatic hydroxyl groups excluding tert-OH is 2. The molecule has 0 fully saturated rings. The zero-order chi connectivity index (χ0) is 20.3. The molecule has 0 bridgehead atoms. The van der Waals surface area contributed by atoms with E-state index in [1.807, 2.05) is 0 Å². The first-order chi connectivity index (χ1) is 12.0. The maximum absolute atomic E-state index is 12.5. The van der Waals surface area contributed by atoms with Gasteiger partial charge in [-0.05, 0) is 51.6 Å². The SMILES string of the molecule is CC(O)CC1(C(=O)O)C(Br)=C(Br)C(Br)=C(Br)C1(CCOCCO)C(=O)O. The Hall–Kier alpha value is 0.220. The van der Waals surface area contributed by atoms with Crippen molar-refractivity contribution >= 4 is 75.7 Å². The summed E-state index contributed by atoms with van der Waals surface area (Å²) in [5.41, 5.74) is -3.95. The molecule has 26 heavy (non-hydrogen) atoms. The van der Waals surface area contributed by atoms with Crippen LogP contribution < -0.4 is 0 Å². The Balaban J connectivity index is 3.75. The molecule has 0 saturated carbocycles. The zero-order valence-corrected chi connectivity index (χ0v) is 20.0. The molecule has 3 atom stereocenters. The molecule has 1 aliphatic rings. The first-order valence-corrected chi connectivity index (χ1v) is 10.6. The lowest BCUT2D eigenvalue weighted by Crippen LogP contribution is -2.56. The first kappa shape index (κ1) is 24.3. The minimum Gasteiger partial charge on any atom is -0.481 e. The zero-order valence-electron chi connectivity index (χ0n) is 13.6. The van der Waals surface area contributed by atoms with Crippen LogP contribution in [0.1, 0.15) is 19.8 Å². The number of allylic oxidation sites excluding steroid dienone is 2. The molecular weight excluding hydrogens is 612 g/mol. The lowest BCUT2D eigenvalue weighted by atomic mass is 9.57. The number of hydrogen-bond acceptors (Lipinski definition) is 5. The summed E-state index contributed by atoms with van der Waals surface area (Å²) < 4.78 is 6.10. The van der Waals surface area contributed by atoms with Crippen LogP contribution in [0.15, 0.2) is 17.9 Å². The molecule has 0 aromatic heterocycles. The van der Waals surface area contributed by atoms with Gasteiger partial charge in [0.2, 0.25) is 0 Å². The summed E-state index contributed by atoms with van der Waals surface area (Å²) in [5.74, 6) is -2.78. The Kier molecular flexibility index (Phi) is 8.97. The summed E-state index contributed by atoms with van der Waals surface area (Å²) in [4.78, 5) is 24.9. The third-order valence-electron chi connectivity index (χ3n) is 4.24. The van der Waals surface area contributed by atoms with E-state index in [-0.39, 0.29) is 41.6 Å². The molecule has 0 amide bonds. The van der Waals surface area contributed by atoms with Crippen molar-refractivity contribution in [3.63, 3.8) is 0 Å². The fraction of sp³-hybridized carbons (Fsp3) is 0.600. The summed E-state index contributed by atoms with van der Waals surface area (Å²) in [6.45, 7) is 1.05. The predicted molar refractivity (Wildman–Crippen MR) is 109 cm³/mol. The summed E-state index contributed by atoms with van der Waals surface area (Å²) in [5, 5.41) is 39.1. The Morgan fingerprint density at radius 1 is 1.00 bits per heavy atom. The molecule has 4 N–H and O–H groups in total. The van der Waals surface area contributed by atoms with Gasteiger partial charge in [0.15, 0.2) is 0 Å². The Labute approximate surface area is 184 Å². The van der Waals surface area contributed by atoms with E-state index < -0.39 is 28.9 Å². The molecule has 3 unspecified atom stereocenters. The third kappa shape index (κ3) is 3.99. The van der Waals surface area contributed by atoms with Crippen molar-refractivity contribution in [3.05, 3.63) is 17.9 Å². The molecule has 7 nitrogen and oxygen atoms in total. The van der Waals surface area contributed by atoms with Gasteiger partial charge >= 0.3 is 11.9 Å². The Bertz CT molecular complexity index is 646. The molecule has 11 heteroatoms. The number of carboxylic acids is 2. The van der Waals surface area contributed by atoms with Crippen molar-refractivity contribution in [1.29, 1.82) is 0 Å². The van der Waals surface area contributed by atoms with E-state index in [1.165, 1.54) is 6.92 Å². The molecule has 0 heterocycles. The van der Waals surface area contributed by atoms with E-state index in [1.54, 1.807) is 0 Å². The molecule has 0 aromatic rings. The lowest BCUT2D eigenvalue weighted by molar-refractivity contribution is -0.170. The summed E-state index contributed by atoms with van der Waals surface area (Å²) in [6, 6.07) is 0. The van der Waals surface area contributed by atoms with E-state index in [0.29, 0.717) is 8.96 Å². The highest BCUT2D eigenvalue weighted by Gasteiger charge is 2.67. The standard InChI is InChI=1S/C15H18Br4O7/c1-7(21)6-15(13(24)25)11(19)9(17)8(16)10(18)14(15,12(22)23)2-4-26-5-3-20/h7,20-21H,2-6H2,1H3,(H,22,23)(H,24,25). The number of carbonyl (C=O) groups is 2. The van der Waals surface area contributed by atoms with Crippen LogP contribution >= 0.6 is 63.7 Å². The van der Waals surface area contributed by atoms with Crippen molar-refractivity contribution in [2.75, 3.05) is 19.8 Å². The molecule has 0 spiro atoms. The van der Waals surface area contributed by atoms with Gasteiger partial charge in [-0.3, -0.25) is 9.59 Å². The normalized spacial score (nSPS) is 27.7. The first-order valence-electron chi connectivity index (χ1n) is 7.46. The van der Waals surface area contributed by atoms with Gasteiger partial charge in [-0.2, -0.15) is 0 Å².